The number of Topliss-reactive ketones (excluding diaryl/α,β-unsaturated/α-hetero) is 1. The largest absolute Gasteiger partial charge is 0.464 e. The number of piperidine rings is 1. The highest BCUT2D eigenvalue weighted by molar-refractivity contribution is 6.07. The van der Waals surface area contributed by atoms with E-state index in [0.29, 0.717) is 54.0 Å². The van der Waals surface area contributed by atoms with Gasteiger partial charge in [-0.15, -0.1) is 0 Å². The van der Waals surface area contributed by atoms with Gasteiger partial charge in [0.1, 0.15) is 12.6 Å². The quantitative estimate of drug-likeness (QED) is 0.0686. The number of nitrogens with one attached hydrogen (secondary N) is 4. The Bertz CT molecular complexity index is 2170. The molecule has 3 aromatic rings. The molecule has 322 valence electrons. The number of hydrogen-bond acceptors (Lipinski definition) is 11. The lowest BCUT2D eigenvalue weighted by Crippen LogP contribution is -2.52. The van der Waals surface area contributed by atoms with Crippen molar-refractivity contribution < 1.29 is 38.6 Å². The lowest BCUT2D eigenvalue weighted by molar-refractivity contribution is -0.145. The number of ketones is 1. The number of esters is 1. The van der Waals surface area contributed by atoms with Gasteiger partial charge in [0.15, 0.2) is 5.78 Å². The fourth-order valence-electron chi connectivity index (χ4n) is 8.76. The van der Waals surface area contributed by atoms with Crippen LogP contribution in [0.1, 0.15) is 78.9 Å². The summed E-state index contributed by atoms with van der Waals surface area (Å²) in [5, 5.41) is 22.0. The highest BCUT2D eigenvalue weighted by atomic mass is 16.5. The third-order valence-corrected chi connectivity index (χ3v) is 12.2. The Hall–Kier alpha value is -5.90. The molecule has 0 radical (unpaired) electrons. The minimum absolute atomic E-state index is 0.0167. The van der Waals surface area contributed by atoms with Crippen molar-refractivity contribution in [1.29, 1.82) is 0 Å². The minimum atomic E-state index is -0.781. The molecular formula is C46H55N7O8. The van der Waals surface area contributed by atoms with Crippen molar-refractivity contribution in [2.24, 2.45) is 0 Å². The van der Waals surface area contributed by atoms with Crippen LogP contribution in [0.3, 0.4) is 0 Å². The normalized spacial score (nSPS) is 21.9. The third-order valence-electron chi connectivity index (χ3n) is 12.2. The van der Waals surface area contributed by atoms with Gasteiger partial charge in [0, 0.05) is 105 Å². The predicted molar refractivity (Wildman–Crippen MR) is 229 cm³/mol. The molecule has 3 heterocycles. The van der Waals surface area contributed by atoms with Gasteiger partial charge < -0.3 is 30.7 Å². The first-order valence-electron chi connectivity index (χ1n) is 21.1. The maximum atomic E-state index is 13.4. The number of urea groups is 1. The van der Waals surface area contributed by atoms with Gasteiger partial charge in [0.2, 0.25) is 11.8 Å². The third kappa shape index (κ3) is 10.5. The Morgan fingerprint density at radius 2 is 1.57 bits per heavy atom. The number of para-hydroxylation sites is 1. The van der Waals surface area contributed by atoms with Crippen LogP contribution in [0, 0.1) is 0 Å². The van der Waals surface area contributed by atoms with Gasteiger partial charge in [-0.3, -0.25) is 39.1 Å². The van der Waals surface area contributed by atoms with Crippen molar-refractivity contribution in [1.82, 2.24) is 25.3 Å². The van der Waals surface area contributed by atoms with E-state index >= 15 is 0 Å². The van der Waals surface area contributed by atoms with Gasteiger partial charge in [0.25, 0.3) is 5.91 Å². The van der Waals surface area contributed by atoms with Gasteiger partial charge in [-0.1, -0.05) is 68.4 Å². The molecule has 1 saturated carbocycles. The highest BCUT2D eigenvalue weighted by Crippen LogP contribution is 2.36. The number of imide groups is 1. The Morgan fingerprint density at radius 1 is 0.885 bits per heavy atom. The number of fused-ring (bicyclic) bond motifs is 1. The zero-order valence-corrected chi connectivity index (χ0v) is 34.8. The molecule has 15 nitrogen and oxygen atoms in total. The van der Waals surface area contributed by atoms with E-state index in [-0.39, 0.29) is 61.9 Å². The summed E-state index contributed by atoms with van der Waals surface area (Å²) < 4.78 is 5.70. The second-order valence-electron chi connectivity index (χ2n) is 16.9. The maximum absolute atomic E-state index is 13.4. The summed E-state index contributed by atoms with van der Waals surface area (Å²) in [5.74, 6) is -1.53. The second kappa shape index (κ2) is 19.2. The molecule has 3 unspecified atom stereocenters. The molecule has 7 rings (SSSR count). The van der Waals surface area contributed by atoms with Crippen LogP contribution in [-0.4, -0.2) is 120 Å². The number of benzene rings is 3. The number of ether oxygens (including phenoxy) is 1. The number of carbonyl (C=O) groups is 6. The Balaban J connectivity index is 0.823. The van der Waals surface area contributed by atoms with E-state index in [1.165, 1.54) is 4.90 Å². The van der Waals surface area contributed by atoms with E-state index in [1.807, 2.05) is 56.3 Å². The predicted octanol–water partition coefficient (Wildman–Crippen LogP) is 3.90. The van der Waals surface area contributed by atoms with Crippen LogP contribution in [0.2, 0.25) is 0 Å². The molecule has 61 heavy (non-hydrogen) atoms. The smallest absolute Gasteiger partial charge is 0.323 e. The van der Waals surface area contributed by atoms with Crippen molar-refractivity contribution in [3.63, 3.8) is 0 Å². The number of aliphatic hydroxyl groups is 1. The summed E-state index contributed by atoms with van der Waals surface area (Å²) in [7, 11) is 0. The second-order valence-corrected chi connectivity index (χ2v) is 16.9. The average Bonchev–Trinajstić information content (AvgIpc) is 3.57. The van der Waals surface area contributed by atoms with Crippen LogP contribution in [-0.2, 0) is 35.9 Å². The highest BCUT2D eigenvalue weighted by Gasteiger charge is 2.40. The van der Waals surface area contributed by atoms with E-state index in [4.69, 9.17) is 4.74 Å². The number of carbonyl (C=O) groups excluding carboxylic acids is 6. The Kier molecular flexibility index (Phi) is 13.6. The lowest BCUT2D eigenvalue weighted by Gasteiger charge is -2.34. The molecule has 3 fully saturated rings. The van der Waals surface area contributed by atoms with Crippen molar-refractivity contribution in [3.05, 3.63) is 107 Å². The zero-order chi connectivity index (χ0) is 43.1. The van der Waals surface area contributed by atoms with Gasteiger partial charge in [-0.25, -0.2) is 4.79 Å². The molecule has 0 bridgehead atoms. The summed E-state index contributed by atoms with van der Waals surface area (Å²) in [6.07, 6.45) is 2.31. The van der Waals surface area contributed by atoms with Gasteiger partial charge in [0.05, 0.1) is 12.5 Å². The number of nitrogens with zero attached hydrogens (tertiary/aromatic N) is 3. The van der Waals surface area contributed by atoms with E-state index < -0.39 is 29.5 Å². The van der Waals surface area contributed by atoms with Crippen molar-refractivity contribution in [2.75, 3.05) is 63.1 Å². The Morgan fingerprint density at radius 3 is 2.31 bits per heavy atom. The molecule has 4 aliphatic rings. The molecule has 3 aliphatic heterocycles. The fourth-order valence-corrected chi connectivity index (χ4v) is 8.76. The number of amides is 5. The van der Waals surface area contributed by atoms with Crippen LogP contribution in [0.4, 0.5) is 16.2 Å². The van der Waals surface area contributed by atoms with E-state index in [2.05, 4.69) is 31.1 Å². The van der Waals surface area contributed by atoms with Crippen LogP contribution < -0.4 is 21.3 Å². The summed E-state index contributed by atoms with van der Waals surface area (Å²) in [5.41, 5.74) is 3.52. The standard InChI is InChI=1S/C46H55N7O8/c1-46(2,35-12-6-7-13-37(35)49-45(60)48-36-14-8-11-32-34(36)29-53(44(32)59)38-15-16-41(56)50-43(38)58)27-42(57)61-24-23-52-21-19-51(20-22-52)18-17-47-28-33-39(54)25-31(26-40(33)55)30-9-4-3-5-10-30/h3-14,28,31,38-39,47,54H,15-27,29H2,1-2H3,(H2,48,49,60)(H,50,56,58)/b33-28+. The molecule has 0 aromatic heterocycles. The molecule has 1 aliphatic carbocycles. The first-order valence-corrected chi connectivity index (χ1v) is 21.1. The number of hydrogen-bond donors (Lipinski definition) is 5. The average molecular weight is 834 g/mol. The lowest BCUT2D eigenvalue weighted by atomic mass is 9.79. The Labute approximate surface area is 355 Å². The molecule has 3 atom stereocenters. The van der Waals surface area contributed by atoms with Crippen LogP contribution in [0.15, 0.2) is 84.6 Å². The molecular weight excluding hydrogens is 779 g/mol. The van der Waals surface area contributed by atoms with E-state index in [9.17, 15) is 33.9 Å². The maximum Gasteiger partial charge on any atom is 0.323 e. The van der Waals surface area contributed by atoms with E-state index in [1.54, 1.807) is 36.5 Å². The SMILES string of the molecule is CC(C)(CC(=O)OCCN1CCN(CCN/C=C2/C(=O)CC(c3ccccc3)CC2O)CC1)c1ccccc1NC(=O)Nc1cccc2c1CN(C1CCC(=O)NC1=O)C2=O. The first kappa shape index (κ1) is 43.2. The van der Waals surface area contributed by atoms with Crippen LogP contribution in [0.5, 0.6) is 0 Å². The molecule has 5 N–H and O–H groups in total. The first-order chi connectivity index (χ1) is 29.4. The van der Waals surface area contributed by atoms with Gasteiger partial charge in [-0.05, 0) is 48.1 Å². The zero-order valence-electron chi connectivity index (χ0n) is 34.8. The summed E-state index contributed by atoms with van der Waals surface area (Å²) >= 11 is 0. The number of anilines is 2. The molecule has 5 amide bonds. The van der Waals surface area contributed by atoms with E-state index in [0.717, 1.165) is 43.9 Å². The molecule has 3 aromatic carbocycles. The molecule has 0 spiro atoms. The van der Waals surface area contributed by atoms with Crippen molar-refractivity contribution >= 4 is 46.9 Å². The monoisotopic (exact) mass is 833 g/mol. The number of rotatable bonds is 14. The van der Waals surface area contributed by atoms with Gasteiger partial charge >= 0.3 is 12.0 Å². The van der Waals surface area contributed by atoms with Crippen molar-refractivity contribution in [2.45, 2.75) is 76.0 Å². The molecule has 15 heteroatoms. The summed E-state index contributed by atoms with van der Waals surface area (Å²) in [4.78, 5) is 82.8. The summed E-state index contributed by atoms with van der Waals surface area (Å²) in [6, 6.07) is 20.9. The minimum Gasteiger partial charge on any atom is -0.464 e. The number of piperazine rings is 1. The van der Waals surface area contributed by atoms with Crippen LogP contribution in [0.25, 0.3) is 0 Å². The van der Waals surface area contributed by atoms with Crippen LogP contribution >= 0.6 is 0 Å². The van der Waals surface area contributed by atoms with Gasteiger partial charge in [-0.2, -0.15) is 0 Å². The topological polar surface area (TPSA) is 190 Å². The molecule has 2 saturated heterocycles. The number of aliphatic hydroxyl groups excluding tert-OH is 1. The fraction of sp³-hybridized carbons (Fsp3) is 0.435. The summed E-state index contributed by atoms with van der Waals surface area (Å²) in [6.45, 7) is 9.71. The van der Waals surface area contributed by atoms with Crippen molar-refractivity contribution in [3.8, 4) is 0 Å².